The second-order valence-electron chi connectivity index (χ2n) is 6.92. The van der Waals surface area contributed by atoms with Crippen molar-refractivity contribution < 1.29 is 19.2 Å². The van der Waals surface area contributed by atoms with Gasteiger partial charge in [0.15, 0.2) is 0 Å². The zero-order chi connectivity index (χ0) is 24.0. The SMILES string of the molecule is COc1cc(Cl)c(C)cc1NC(=O)CSc1cccc(NC(=O)c2ccc([N+](=O)[O-])cc2)c1. The van der Waals surface area contributed by atoms with Crippen LogP contribution < -0.4 is 15.4 Å². The smallest absolute Gasteiger partial charge is 0.269 e. The fraction of sp³-hybridized carbons (Fsp3) is 0.130. The number of nitrogens with one attached hydrogen (secondary N) is 2. The van der Waals surface area contributed by atoms with E-state index in [1.165, 1.54) is 43.1 Å². The summed E-state index contributed by atoms with van der Waals surface area (Å²) in [6, 6.07) is 15.8. The van der Waals surface area contributed by atoms with Crippen LogP contribution in [0.25, 0.3) is 0 Å². The zero-order valence-corrected chi connectivity index (χ0v) is 19.3. The summed E-state index contributed by atoms with van der Waals surface area (Å²) in [7, 11) is 1.50. The second-order valence-corrected chi connectivity index (χ2v) is 8.38. The molecule has 0 heterocycles. The summed E-state index contributed by atoms with van der Waals surface area (Å²) in [6.45, 7) is 1.84. The van der Waals surface area contributed by atoms with E-state index in [9.17, 15) is 19.7 Å². The van der Waals surface area contributed by atoms with Crippen molar-refractivity contribution >= 4 is 52.2 Å². The number of hydrogen-bond donors (Lipinski definition) is 2. The normalized spacial score (nSPS) is 10.4. The average molecular weight is 486 g/mol. The number of hydrogen-bond acceptors (Lipinski definition) is 6. The molecule has 8 nitrogen and oxygen atoms in total. The van der Waals surface area contributed by atoms with Gasteiger partial charge in [0.05, 0.1) is 23.5 Å². The molecular weight excluding hydrogens is 466 g/mol. The lowest BCUT2D eigenvalue weighted by atomic mass is 10.2. The number of carbonyl (C=O) groups is 2. The molecule has 3 rings (SSSR count). The molecule has 0 spiro atoms. The van der Waals surface area contributed by atoms with Crippen LogP contribution in [0.1, 0.15) is 15.9 Å². The molecule has 0 aliphatic rings. The Hall–Kier alpha value is -3.56. The van der Waals surface area contributed by atoms with Crippen LogP contribution in [0.3, 0.4) is 0 Å². The van der Waals surface area contributed by atoms with Crippen molar-refractivity contribution in [1.29, 1.82) is 0 Å². The van der Waals surface area contributed by atoms with Gasteiger partial charge in [-0.25, -0.2) is 0 Å². The van der Waals surface area contributed by atoms with E-state index in [1.54, 1.807) is 30.3 Å². The fourth-order valence-electron chi connectivity index (χ4n) is 2.87. The number of halogens is 1. The molecule has 0 aromatic heterocycles. The van der Waals surface area contributed by atoms with Gasteiger partial charge < -0.3 is 15.4 Å². The number of thioether (sulfide) groups is 1. The Balaban J connectivity index is 1.60. The molecule has 0 saturated heterocycles. The zero-order valence-electron chi connectivity index (χ0n) is 17.8. The summed E-state index contributed by atoms with van der Waals surface area (Å²) in [4.78, 5) is 35.9. The first kappa shape index (κ1) is 24.1. The Morgan fingerprint density at radius 2 is 1.82 bits per heavy atom. The van der Waals surface area contributed by atoms with Crippen molar-refractivity contribution in [3.8, 4) is 5.75 Å². The lowest BCUT2D eigenvalue weighted by molar-refractivity contribution is -0.384. The van der Waals surface area contributed by atoms with Gasteiger partial charge >= 0.3 is 0 Å². The van der Waals surface area contributed by atoms with E-state index in [-0.39, 0.29) is 17.3 Å². The molecule has 0 radical (unpaired) electrons. The predicted molar refractivity (Wildman–Crippen MR) is 130 cm³/mol. The van der Waals surface area contributed by atoms with E-state index in [1.807, 2.05) is 13.0 Å². The predicted octanol–water partition coefficient (Wildman–Crippen LogP) is 5.55. The van der Waals surface area contributed by atoms with Gasteiger partial charge in [0, 0.05) is 39.4 Å². The third-order valence-corrected chi connectivity index (χ3v) is 5.96. The van der Waals surface area contributed by atoms with Gasteiger partial charge in [0.1, 0.15) is 5.75 Å². The molecule has 0 fully saturated rings. The summed E-state index contributed by atoms with van der Waals surface area (Å²) in [5, 5.41) is 16.9. The molecule has 0 atom stereocenters. The molecule has 0 unspecified atom stereocenters. The molecular formula is C23H20ClN3O5S. The molecule has 0 bridgehead atoms. The van der Waals surface area contributed by atoms with Crippen LogP contribution in [0.4, 0.5) is 17.1 Å². The summed E-state index contributed by atoms with van der Waals surface area (Å²) >= 11 is 7.40. The van der Waals surface area contributed by atoms with E-state index in [4.69, 9.17) is 16.3 Å². The molecule has 0 aliphatic carbocycles. The topological polar surface area (TPSA) is 111 Å². The molecule has 33 heavy (non-hydrogen) atoms. The van der Waals surface area contributed by atoms with Gasteiger partial charge in [-0.2, -0.15) is 0 Å². The van der Waals surface area contributed by atoms with Gasteiger partial charge in [-0.15, -0.1) is 11.8 Å². The number of ether oxygens (including phenoxy) is 1. The minimum atomic E-state index is -0.525. The highest BCUT2D eigenvalue weighted by Crippen LogP contribution is 2.31. The first-order valence-corrected chi connectivity index (χ1v) is 11.1. The van der Waals surface area contributed by atoms with Crippen molar-refractivity contribution in [2.75, 3.05) is 23.5 Å². The Bertz CT molecular complexity index is 1200. The van der Waals surface area contributed by atoms with Crippen molar-refractivity contribution in [2.24, 2.45) is 0 Å². The lowest BCUT2D eigenvalue weighted by Crippen LogP contribution is -2.15. The van der Waals surface area contributed by atoms with Crippen LogP contribution >= 0.6 is 23.4 Å². The minimum Gasteiger partial charge on any atom is -0.495 e. The number of benzene rings is 3. The van der Waals surface area contributed by atoms with Gasteiger partial charge in [-0.05, 0) is 48.9 Å². The largest absolute Gasteiger partial charge is 0.495 e. The van der Waals surface area contributed by atoms with Crippen LogP contribution in [-0.2, 0) is 4.79 Å². The summed E-state index contributed by atoms with van der Waals surface area (Å²) < 4.78 is 5.27. The van der Waals surface area contributed by atoms with Crippen LogP contribution in [0.5, 0.6) is 5.75 Å². The number of anilines is 2. The molecule has 3 aromatic carbocycles. The minimum absolute atomic E-state index is 0.0883. The molecule has 170 valence electrons. The summed E-state index contributed by atoms with van der Waals surface area (Å²) in [6.07, 6.45) is 0. The first-order valence-electron chi connectivity index (χ1n) is 9.69. The number of aryl methyl sites for hydroxylation is 1. The second kappa shape index (κ2) is 10.8. The molecule has 0 aliphatic heterocycles. The Labute approximate surface area is 199 Å². The van der Waals surface area contributed by atoms with Gasteiger partial charge in [-0.1, -0.05) is 17.7 Å². The monoisotopic (exact) mass is 485 g/mol. The number of rotatable bonds is 8. The van der Waals surface area contributed by atoms with Crippen LogP contribution in [-0.4, -0.2) is 29.6 Å². The standard InChI is InChI=1S/C23H20ClN3O5S/c1-14-10-20(21(32-2)12-19(14)24)26-22(28)13-33-18-5-3-4-16(11-18)25-23(29)15-6-8-17(9-7-15)27(30)31/h3-12H,13H2,1-2H3,(H,25,29)(H,26,28). The number of nitro benzene ring substituents is 1. The summed E-state index contributed by atoms with van der Waals surface area (Å²) in [5.41, 5.74) is 2.10. The maximum Gasteiger partial charge on any atom is 0.269 e. The molecule has 2 amide bonds. The highest BCUT2D eigenvalue weighted by molar-refractivity contribution is 8.00. The van der Waals surface area contributed by atoms with E-state index in [2.05, 4.69) is 10.6 Å². The number of nitrogens with zero attached hydrogens (tertiary/aromatic N) is 1. The van der Waals surface area contributed by atoms with Gasteiger partial charge in [-0.3, -0.25) is 19.7 Å². The van der Waals surface area contributed by atoms with Gasteiger partial charge in [0.2, 0.25) is 5.91 Å². The third kappa shape index (κ3) is 6.47. The van der Waals surface area contributed by atoms with Crippen LogP contribution in [0.15, 0.2) is 65.6 Å². The van der Waals surface area contributed by atoms with E-state index in [0.29, 0.717) is 27.7 Å². The maximum absolute atomic E-state index is 12.4. The summed E-state index contributed by atoms with van der Waals surface area (Å²) in [5.74, 6) is 0.000136. The lowest BCUT2D eigenvalue weighted by Gasteiger charge is -2.12. The Morgan fingerprint density at radius 1 is 1.09 bits per heavy atom. The molecule has 0 saturated carbocycles. The highest BCUT2D eigenvalue weighted by Gasteiger charge is 2.12. The van der Waals surface area contributed by atoms with Crippen LogP contribution in [0.2, 0.25) is 5.02 Å². The fourth-order valence-corrected chi connectivity index (χ4v) is 3.78. The van der Waals surface area contributed by atoms with Crippen molar-refractivity contribution in [1.82, 2.24) is 0 Å². The molecule has 2 N–H and O–H groups in total. The number of non-ortho nitro benzene ring substituents is 1. The molecule has 3 aromatic rings. The van der Waals surface area contributed by atoms with Crippen molar-refractivity contribution in [2.45, 2.75) is 11.8 Å². The average Bonchev–Trinajstić information content (AvgIpc) is 2.80. The van der Waals surface area contributed by atoms with E-state index < -0.39 is 10.8 Å². The first-order chi connectivity index (χ1) is 15.8. The van der Waals surface area contributed by atoms with Gasteiger partial charge in [0.25, 0.3) is 11.6 Å². The quantitative estimate of drug-likeness (QED) is 0.246. The highest BCUT2D eigenvalue weighted by atomic mass is 35.5. The number of carbonyl (C=O) groups excluding carboxylic acids is 2. The van der Waals surface area contributed by atoms with Crippen molar-refractivity contribution in [3.63, 3.8) is 0 Å². The number of nitro groups is 1. The third-order valence-electron chi connectivity index (χ3n) is 4.56. The number of amides is 2. The Morgan fingerprint density at radius 3 is 2.48 bits per heavy atom. The Kier molecular flexibility index (Phi) is 7.92. The maximum atomic E-state index is 12.4. The van der Waals surface area contributed by atoms with Crippen molar-refractivity contribution in [3.05, 3.63) is 86.9 Å². The van der Waals surface area contributed by atoms with Crippen LogP contribution in [0, 0.1) is 17.0 Å². The van der Waals surface area contributed by atoms with E-state index >= 15 is 0 Å². The number of methoxy groups -OCH3 is 1. The van der Waals surface area contributed by atoms with E-state index in [0.717, 1.165) is 10.5 Å². The molecule has 10 heteroatoms.